The topological polar surface area (TPSA) is 51.7 Å². The van der Waals surface area contributed by atoms with E-state index in [1.54, 1.807) is 4.90 Å². The van der Waals surface area contributed by atoms with E-state index in [-0.39, 0.29) is 12.5 Å². The minimum absolute atomic E-state index is 0.0186. The van der Waals surface area contributed by atoms with Crippen LogP contribution in [0.3, 0.4) is 0 Å². The van der Waals surface area contributed by atoms with Crippen LogP contribution >= 0.6 is 0 Å². The molecule has 0 unspecified atom stereocenters. The van der Waals surface area contributed by atoms with Crippen LogP contribution in [0.15, 0.2) is 72.8 Å². The lowest BCUT2D eigenvalue weighted by Crippen LogP contribution is -2.35. The molecule has 1 aromatic heterocycles. The van der Waals surface area contributed by atoms with Crippen molar-refractivity contribution in [3.63, 3.8) is 0 Å². The van der Waals surface area contributed by atoms with Gasteiger partial charge in [-0.2, -0.15) is 0 Å². The summed E-state index contributed by atoms with van der Waals surface area (Å²) in [7, 11) is 0. The zero-order chi connectivity index (χ0) is 18.5. The van der Waals surface area contributed by atoms with E-state index in [2.05, 4.69) is 0 Å². The first kappa shape index (κ1) is 17.1. The van der Waals surface area contributed by atoms with Crippen LogP contribution in [0.4, 0.5) is 0 Å². The predicted octanol–water partition coefficient (Wildman–Crippen LogP) is 3.55. The molecule has 1 aliphatic rings. The van der Waals surface area contributed by atoms with E-state index < -0.39 is 0 Å². The maximum Gasteiger partial charge on any atom is 0.260 e. The van der Waals surface area contributed by atoms with E-state index in [0.717, 1.165) is 22.7 Å². The van der Waals surface area contributed by atoms with Gasteiger partial charge in [0.25, 0.3) is 5.91 Å². The molecule has 3 aromatic rings. The number of rotatable bonds is 5. The summed E-state index contributed by atoms with van der Waals surface area (Å²) in [5.74, 6) is 1.39. The van der Waals surface area contributed by atoms with E-state index in [1.165, 1.54) is 0 Å². The monoisotopic (exact) mass is 360 g/mol. The van der Waals surface area contributed by atoms with Gasteiger partial charge in [-0.3, -0.25) is 4.79 Å². The average Bonchev–Trinajstić information content (AvgIpc) is 2.88. The van der Waals surface area contributed by atoms with Gasteiger partial charge in [-0.25, -0.2) is 4.98 Å². The van der Waals surface area contributed by atoms with Crippen molar-refractivity contribution in [2.75, 3.05) is 19.8 Å². The van der Waals surface area contributed by atoms with Gasteiger partial charge in [0.2, 0.25) is 0 Å². The summed E-state index contributed by atoms with van der Waals surface area (Å²) < 4.78 is 11.4. The number of hydrogen-bond donors (Lipinski definition) is 0. The molecule has 5 nitrogen and oxygen atoms in total. The summed E-state index contributed by atoms with van der Waals surface area (Å²) in [6.07, 6.45) is 0. The number of aromatic nitrogens is 1. The van der Waals surface area contributed by atoms with Crippen LogP contribution in [-0.4, -0.2) is 35.5 Å². The van der Waals surface area contributed by atoms with Gasteiger partial charge in [0, 0.05) is 5.56 Å². The Kier molecular flexibility index (Phi) is 5.01. The second-order valence-electron chi connectivity index (χ2n) is 6.27. The van der Waals surface area contributed by atoms with Crippen molar-refractivity contribution in [2.24, 2.45) is 0 Å². The van der Waals surface area contributed by atoms with Crippen molar-refractivity contribution in [1.29, 1.82) is 0 Å². The SMILES string of the molecule is O=C1COc2ccc(-c3ccccc3)nc2CN1CCOc1ccccc1. The summed E-state index contributed by atoms with van der Waals surface area (Å²) in [4.78, 5) is 18.9. The van der Waals surface area contributed by atoms with Crippen LogP contribution in [0.5, 0.6) is 11.5 Å². The number of amides is 1. The Morgan fingerprint density at radius 1 is 0.963 bits per heavy atom. The second-order valence-corrected chi connectivity index (χ2v) is 6.27. The Morgan fingerprint density at radius 3 is 2.48 bits per heavy atom. The van der Waals surface area contributed by atoms with Gasteiger partial charge >= 0.3 is 0 Å². The Balaban J connectivity index is 1.48. The Labute approximate surface area is 158 Å². The molecule has 0 saturated carbocycles. The molecule has 2 aromatic carbocycles. The zero-order valence-electron chi connectivity index (χ0n) is 14.9. The Bertz CT molecular complexity index is 913. The minimum atomic E-state index is -0.0640. The fourth-order valence-electron chi connectivity index (χ4n) is 3.00. The highest BCUT2D eigenvalue weighted by atomic mass is 16.5. The molecule has 0 spiro atoms. The minimum Gasteiger partial charge on any atom is -0.492 e. The lowest BCUT2D eigenvalue weighted by Gasteiger charge is -2.20. The Hall–Kier alpha value is -3.34. The highest BCUT2D eigenvalue weighted by molar-refractivity contribution is 5.78. The fraction of sp³-hybridized carbons (Fsp3) is 0.182. The van der Waals surface area contributed by atoms with Gasteiger partial charge < -0.3 is 14.4 Å². The molecule has 0 radical (unpaired) electrons. The van der Waals surface area contributed by atoms with Crippen molar-refractivity contribution >= 4 is 5.91 Å². The van der Waals surface area contributed by atoms with Crippen LogP contribution in [0.2, 0.25) is 0 Å². The molecule has 0 atom stereocenters. The zero-order valence-corrected chi connectivity index (χ0v) is 14.9. The molecule has 0 fully saturated rings. The number of nitrogens with zero attached hydrogens (tertiary/aromatic N) is 2. The van der Waals surface area contributed by atoms with Crippen molar-refractivity contribution < 1.29 is 14.3 Å². The molecular formula is C22H20N2O3. The largest absolute Gasteiger partial charge is 0.492 e. The average molecular weight is 360 g/mol. The first-order valence-electron chi connectivity index (χ1n) is 8.93. The third-order valence-corrected chi connectivity index (χ3v) is 4.42. The van der Waals surface area contributed by atoms with Gasteiger partial charge in [-0.15, -0.1) is 0 Å². The molecule has 2 heterocycles. The molecule has 1 amide bonds. The van der Waals surface area contributed by atoms with E-state index in [0.29, 0.717) is 25.4 Å². The predicted molar refractivity (Wildman–Crippen MR) is 103 cm³/mol. The Morgan fingerprint density at radius 2 is 1.70 bits per heavy atom. The van der Waals surface area contributed by atoms with Gasteiger partial charge in [-0.1, -0.05) is 48.5 Å². The smallest absolute Gasteiger partial charge is 0.260 e. The summed E-state index contributed by atoms with van der Waals surface area (Å²) in [6, 6.07) is 23.4. The molecule has 0 aliphatic carbocycles. The van der Waals surface area contributed by atoms with Gasteiger partial charge in [0.15, 0.2) is 6.61 Å². The highest BCUT2D eigenvalue weighted by Crippen LogP contribution is 2.26. The number of benzene rings is 2. The molecule has 5 heteroatoms. The van der Waals surface area contributed by atoms with E-state index in [9.17, 15) is 4.79 Å². The number of fused-ring (bicyclic) bond motifs is 1. The molecule has 27 heavy (non-hydrogen) atoms. The van der Waals surface area contributed by atoms with E-state index in [1.807, 2.05) is 72.8 Å². The van der Waals surface area contributed by atoms with E-state index in [4.69, 9.17) is 14.5 Å². The van der Waals surface area contributed by atoms with Crippen molar-refractivity contribution in [3.05, 3.63) is 78.5 Å². The van der Waals surface area contributed by atoms with E-state index >= 15 is 0 Å². The molecule has 0 bridgehead atoms. The van der Waals surface area contributed by atoms with Crippen LogP contribution in [-0.2, 0) is 11.3 Å². The summed E-state index contributed by atoms with van der Waals surface area (Å²) in [6.45, 7) is 1.33. The number of carbonyl (C=O) groups is 1. The van der Waals surface area contributed by atoms with Gasteiger partial charge in [-0.05, 0) is 24.3 Å². The lowest BCUT2D eigenvalue weighted by atomic mass is 10.1. The summed E-state index contributed by atoms with van der Waals surface area (Å²) in [5, 5.41) is 0. The molecule has 0 saturated heterocycles. The maximum absolute atomic E-state index is 12.4. The van der Waals surface area contributed by atoms with Gasteiger partial charge in [0.1, 0.15) is 23.8 Å². The maximum atomic E-state index is 12.4. The quantitative estimate of drug-likeness (QED) is 0.698. The highest BCUT2D eigenvalue weighted by Gasteiger charge is 2.23. The number of pyridine rings is 1. The lowest BCUT2D eigenvalue weighted by molar-refractivity contribution is -0.133. The van der Waals surface area contributed by atoms with Crippen LogP contribution < -0.4 is 9.47 Å². The third kappa shape index (κ3) is 4.08. The molecule has 136 valence electrons. The summed E-state index contributed by atoms with van der Waals surface area (Å²) in [5.41, 5.74) is 2.67. The van der Waals surface area contributed by atoms with Gasteiger partial charge in [0.05, 0.1) is 18.8 Å². The first-order valence-corrected chi connectivity index (χ1v) is 8.93. The number of para-hydroxylation sites is 1. The standard InChI is InChI=1S/C22H20N2O3/c25-22-16-27-21-12-11-19(17-7-3-1-4-8-17)23-20(21)15-24(22)13-14-26-18-9-5-2-6-10-18/h1-12H,13-16H2. The normalized spacial score (nSPS) is 13.5. The van der Waals surface area contributed by atoms with Crippen molar-refractivity contribution in [1.82, 2.24) is 9.88 Å². The molecular weight excluding hydrogens is 340 g/mol. The van der Waals surface area contributed by atoms with Crippen molar-refractivity contribution in [3.8, 4) is 22.8 Å². The number of hydrogen-bond acceptors (Lipinski definition) is 4. The van der Waals surface area contributed by atoms with Crippen LogP contribution in [0.25, 0.3) is 11.3 Å². The second kappa shape index (κ2) is 7.91. The summed E-state index contributed by atoms with van der Waals surface area (Å²) >= 11 is 0. The molecule has 0 N–H and O–H groups in total. The number of ether oxygens (including phenoxy) is 2. The fourth-order valence-corrected chi connectivity index (χ4v) is 3.00. The molecule has 4 rings (SSSR count). The number of carbonyl (C=O) groups excluding carboxylic acids is 1. The van der Waals surface area contributed by atoms with Crippen molar-refractivity contribution in [2.45, 2.75) is 6.54 Å². The molecule has 1 aliphatic heterocycles. The third-order valence-electron chi connectivity index (χ3n) is 4.42. The first-order chi connectivity index (χ1) is 13.3. The van der Waals surface area contributed by atoms with Crippen LogP contribution in [0.1, 0.15) is 5.69 Å². The van der Waals surface area contributed by atoms with Crippen LogP contribution in [0, 0.1) is 0 Å².